The van der Waals surface area contributed by atoms with E-state index in [1.54, 1.807) is 0 Å². The van der Waals surface area contributed by atoms with E-state index in [1.807, 2.05) is 30.3 Å². The molecule has 4 nitrogen and oxygen atoms in total. The van der Waals surface area contributed by atoms with Crippen LogP contribution in [0.2, 0.25) is 0 Å². The van der Waals surface area contributed by atoms with Gasteiger partial charge in [-0.15, -0.1) is 0 Å². The van der Waals surface area contributed by atoms with Crippen molar-refractivity contribution in [3.05, 3.63) is 30.3 Å². The van der Waals surface area contributed by atoms with Gasteiger partial charge in [0.05, 0.1) is 11.1 Å². The fraction of sp³-hybridized carbons (Fsp3) is 0.471. The van der Waals surface area contributed by atoms with Crippen LogP contribution in [0.4, 0.5) is 11.5 Å². The first-order valence-corrected chi connectivity index (χ1v) is 7.67. The monoisotopic (exact) mass is 285 g/mol. The Morgan fingerprint density at radius 1 is 1.38 bits per heavy atom. The summed E-state index contributed by atoms with van der Waals surface area (Å²) in [6.07, 6.45) is 4.06. The van der Waals surface area contributed by atoms with Crippen LogP contribution in [0.3, 0.4) is 0 Å². The highest BCUT2D eigenvalue weighted by atomic mass is 16.3. The first-order chi connectivity index (χ1) is 10.0. The molecule has 1 aliphatic rings. The van der Waals surface area contributed by atoms with Gasteiger partial charge in [-0.05, 0) is 49.1 Å². The molecule has 4 N–H and O–H groups in total. The number of benzene rings is 1. The number of nitrogens with one attached hydrogen (secondary N) is 1. The zero-order valence-corrected chi connectivity index (χ0v) is 12.5. The minimum atomic E-state index is -0.602. The Morgan fingerprint density at radius 2 is 2.24 bits per heavy atom. The van der Waals surface area contributed by atoms with Gasteiger partial charge < -0.3 is 16.2 Å². The Kier molecular flexibility index (Phi) is 3.72. The maximum absolute atomic E-state index is 10.6. The lowest BCUT2D eigenvalue weighted by molar-refractivity contribution is -0.000821. The van der Waals surface area contributed by atoms with Crippen molar-refractivity contribution in [2.24, 2.45) is 5.92 Å². The first-order valence-electron chi connectivity index (χ1n) is 7.67. The van der Waals surface area contributed by atoms with Gasteiger partial charge in [-0.25, -0.2) is 4.98 Å². The number of anilines is 2. The van der Waals surface area contributed by atoms with E-state index in [1.165, 1.54) is 6.42 Å². The Morgan fingerprint density at radius 3 is 3.05 bits per heavy atom. The van der Waals surface area contributed by atoms with Gasteiger partial charge >= 0.3 is 0 Å². The number of nitrogens with two attached hydrogens (primary N) is 1. The van der Waals surface area contributed by atoms with Gasteiger partial charge in [-0.2, -0.15) is 0 Å². The minimum Gasteiger partial charge on any atom is -0.399 e. The molecule has 1 aliphatic carbocycles. The molecule has 1 aromatic heterocycles. The van der Waals surface area contributed by atoms with Crippen LogP contribution in [0.15, 0.2) is 30.3 Å². The highest BCUT2D eigenvalue weighted by molar-refractivity contribution is 5.83. The van der Waals surface area contributed by atoms with E-state index in [9.17, 15) is 5.11 Å². The van der Waals surface area contributed by atoms with Crippen molar-refractivity contribution in [3.8, 4) is 0 Å². The van der Waals surface area contributed by atoms with Crippen molar-refractivity contribution in [3.63, 3.8) is 0 Å². The van der Waals surface area contributed by atoms with E-state index >= 15 is 0 Å². The summed E-state index contributed by atoms with van der Waals surface area (Å²) < 4.78 is 0. The Labute approximate surface area is 125 Å². The zero-order chi connectivity index (χ0) is 14.9. The van der Waals surface area contributed by atoms with Crippen molar-refractivity contribution in [1.82, 2.24) is 4.98 Å². The van der Waals surface area contributed by atoms with Gasteiger partial charge in [0, 0.05) is 17.6 Å². The van der Waals surface area contributed by atoms with Gasteiger partial charge in [0.25, 0.3) is 0 Å². The molecule has 0 saturated heterocycles. The Bertz CT molecular complexity index is 643. The van der Waals surface area contributed by atoms with Crippen molar-refractivity contribution >= 4 is 22.4 Å². The Hall–Kier alpha value is -1.81. The summed E-state index contributed by atoms with van der Waals surface area (Å²) in [5.74, 6) is 1.40. The highest BCUT2D eigenvalue weighted by Gasteiger charge is 2.32. The fourth-order valence-electron chi connectivity index (χ4n) is 3.29. The third kappa shape index (κ3) is 3.27. The molecule has 2 aromatic rings. The second kappa shape index (κ2) is 5.53. The smallest absolute Gasteiger partial charge is 0.126 e. The van der Waals surface area contributed by atoms with Gasteiger partial charge in [0.1, 0.15) is 5.82 Å². The maximum atomic E-state index is 10.6. The molecule has 3 rings (SSSR count). The molecule has 1 fully saturated rings. The second-order valence-electron chi connectivity index (χ2n) is 6.43. The standard InChI is InChI=1S/C17H23N3O/c1-12-3-2-8-17(21,10-12)11-19-16-7-4-13-9-14(18)5-6-15(13)20-16/h4-7,9,12,21H,2-3,8,10-11,18H2,1H3,(H,19,20). The number of pyridine rings is 1. The molecule has 1 aromatic carbocycles. The topological polar surface area (TPSA) is 71.2 Å². The number of aromatic nitrogens is 1. The summed E-state index contributed by atoms with van der Waals surface area (Å²) in [5.41, 5.74) is 6.83. The van der Waals surface area contributed by atoms with Crippen LogP contribution in [0.1, 0.15) is 32.6 Å². The second-order valence-corrected chi connectivity index (χ2v) is 6.43. The number of aliphatic hydroxyl groups is 1. The van der Waals surface area contributed by atoms with Crippen LogP contribution >= 0.6 is 0 Å². The van der Waals surface area contributed by atoms with Crippen LogP contribution in [-0.4, -0.2) is 22.2 Å². The van der Waals surface area contributed by atoms with Gasteiger partial charge in [-0.1, -0.05) is 19.8 Å². The molecule has 1 saturated carbocycles. The number of fused-ring (bicyclic) bond motifs is 1. The molecular weight excluding hydrogens is 262 g/mol. The molecular formula is C17H23N3O. The molecule has 0 bridgehead atoms. The van der Waals surface area contributed by atoms with Gasteiger partial charge in [0.15, 0.2) is 0 Å². The molecule has 2 atom stereocenters. The molecule has 0 amide bonds. The van der Waals surface area contributed by atoms with E-state index < -0.39 is 5.60 Å². The van der Waals surface area contributed by atoms with Crippen molar-refractivity contribution in [1.29, 1.82) is 0 Å². The van der Waals surface area contributed by atoms with Gasteiger partial charge in [-0.3, -0.25) is 0 Å². The van der Waals surface area contributed by atoms with Crippen LogP contribution < -0.4 is 11.1 Å². The summed E-state index contributed by atoms with van der Waals surface area (Å²) in [6, 6.07) is 9.65. The third-order valence-electron chi connectivity index (χ3n) is 4.38. The molecule has 112 valence electrons. The molecule has 0 spiro atoms. The number of rotatable bonds is 3. The molecule has 4 heteroatoms. The normalized spacial score (nSPS) is 25.9. The van der Waals surface area contributed by atoms with E-state index in [2.05, 4.69) is 17.2 Å². The average molecular weight is 285 g/mol. The molecule has 0 aliphatic heterocycles. The Balaban J connectivity index is 1.71. The lowest BCUT2D eigenvalue weighted by Crippen LogP contribution is -2.41. The number of hydrogen-bond donors (Lipinski definition) is 3. The molecule has 2 unspecified atom stereocenters. The minimum absolute atomic E-state index is 0.560. The van der Waals surface area contributed by atoms with Crippen LogP contribution in [0.5, 0.6) is 0 Å². The fourth-order valence-corrected chi connectivity index (χ4v) is 3.29. The number of nitrogens with zero attached hydrogens (tertiary/aromatic N) is 1. The third-order valence-corrected chi connectivity index (χ3v) is 4.38. The van der Waals surface area contributed by atoms with E-state index in [0.717, 1.165) is 41.7 Å². The van der Waals surface area contributed by atoms with Crippen molar-refractivity contribution < 1.29 is 5.11 Å². The quantitative estimate of drug-likeness (QED) is 0.757. The average Bonchev–Trinajstić information content (AvgIpc) is 2.45. The van der Waals surface area contributed by atoms with Crippen LogP contribution in [0, 0.1) is 5.92 Å². The first kappa shape index (κ1) is 14.1. The summed E-state index contributed by atoms with van der Waals surface area (Å²) in [6.45, 7) is 2.77. The summed E-state index contributed by atoms with van der Waals surface area (Å²) in [7, 11) is 0. The van der Waals surface area contributed by atoms with E-state index in [4.69, 9.17) is 5.73 Å². The van der Waals surface area contributed by atoms with Gasteiger partial charge in [0.2, 0.25) is 0 Å². The highest BCUT2D eigenvalue weighted by Crippen LogP contribution is 2.32. The zero-order valence-electron chi connectivity index (χ0n) is 12.5. The predicted octanol–water partition coefficient (Wildman–Crippen LogP) is 3.17. The summed E-state index contributed by atoms with van der Waals surface area (Å²) in [4.78, 5) is 4.57. The molecule has 0 radical (unpaired) electrons. The van der Waals surface area contributed by atoms with Crippen LogP contribution in [-0.2, 0) is 0 Å². The predicted molar refractivity (Wildman–Crippen MR) is 87.2 cm³/mol. The van der Waals surface area contributed by atoms with E-state index in [-0.39, 0.29) is 0 Å². The summed E-state index contributed by atoms with van der Waals surface area (Å²) in [5, 5.41) is 15.0. The van der Waals surface area contributed by atoms with Crippen LogP contribution in [0.25, 0.3) is 10.9 Å². The number of hydrogen-bond acceptors (Lipinski definition) is 4. The van der Waals surface area contributed by atoms with E-state index in [0.29, 0.717) is 12.5 Å². The number of nitrogen functional groups attached to an aromatic ring is 1. The SMILES string of the molecule is CC1CCCC(O)(CNc2ccc3cc(N)ccc3n2)C1. The lowest BCUT2D eigenvalue weighted by Gasteiger charge is -2.35. The summed E-state index contributed by atoms with van der Waals surface area (Å²) >= 11 is 0. The van der Waals surface area contributed by atoms with Crippen molar-refractivity contribution in [2.45, 2.75) is 38.2 Å². The van der Waals surface area contributed by atoms with Crippen molar-refractivity contribution in [2.75, 3.05) is 17.6 Å². The lowest BCUT2D eigenvalue weighted by atomic mass is 9.79. The maximum Gasteiger partial charge on any atom is 0.126 e. The largest absolute Gasteiger partial charge is 0.399 e. The molecule has 21 heavy (non-hydrogen) atoms. The molecule has 1 heterocycles.